The molecule has 0 spiro atoms. The molecule has 1 aliphatic rings. The molecule has 1 amide bonds. The van der Waals surface area contributed by atoms with Crippen molar-refractivity contribution in [1.82, 2.24) is 9.80 Å². The molecule has 17 heavy (non-hydrogen) atoms. The van der Waals surface area contributed by atoms with Crippen LogP contribution in [0.5, 0.6) is 0 Å². The molecule has 0 bridgehead atoms. The third kappa shape index (κ3) is 3.96. The Morgan fingerprint density at radius 1 is 1.41 bits per heavy atom. The van der Waals surface area contributed by atoms with Crippen molar-refractivity contribution in [3.05, 3.63) is 0 Å². The summed E-state index contributed by atoms with van der Waals surface area (Å²) in [4.78, 5) is 16.3. The summed E-state index contributed by atoms with van der Waals surface area (Å²) in [7, 11) is 2.12. The highest BCUT2D eigenvalue weighted by Crippen LogP contribution is 2.19. The van der Waals surface area contributed by atoms with Crippen LogP contribution in [0, 0.1) is 0 Å². The summed E-state index contributed by atoms with van der Waals surface area (Å²) < 4.78 is 0. The Balaban J connectivity index is 2.63. The first-order valence-corrected chi connectivity index (χ1v) is 6.69. The number of piperidine rings is 1. The van der Waals surface area contributed by atoms with E-state index < -0.39 is 0 Å². The minimum Gasteiger partial charge on any atom is -0.337 e. The van der Waals surface area contributed by atoms with E-state index >= 15 is 0 Å². The van der Waals surface area contributed by atoms with Gasteiger partial charge < -0.3 is 15.5 Å². The topological polar surface area (TPSA) is 49.6 Å². The van der Waals surface area contributed by atoms with Crippen molar-refractivity contribution >= 4 is 5.91 Å². The maximum absolute atomic E-state index is 12.0. The zero-order valence-electron chi connectivity index (χ0n) is 11.6. The summed E-state index contributed by atoms with van der Waals surface area (Å²) in [6.07, 6.45) is 3.44. The third-order valence-electron chi connectivity index (χ3n) is 3.68. The number of nitrogens with two attached hydrogens (primary N) is 1. The summed E-state index contributed by atoms with van der Waals surface area (Å²) in [5, 5.41) is 0. The van der Waals surface area contributed by atoms with Crippen molar-refractivity contribution in [3.8, 4) is 0 Å². The minimum absolute atomic E-state index is 0.104. The number of likely N-dealkylation sites (N-methyl/N-ethyl adjacent to an activating group) is 1. The fraction of sp³-hybridized carbons (Fsp3) is 0.923. The fourth-order valence-corrected chi connectivity index (χ4v) is 2.29. The van der Waals surface area contributed by atoms with Gasteiger partial charge in [0.2, 0.25) is 5.91 Å². The largest absolute Gasteiger partial charge is 0.337 e. The van der Waals surface area contributed by atoms with Gasteiger partial charge in [0, 0.05) is 25.2 Å². The highest BCUT2D eigenvalue weighted by Gasteiger charge is 2.29. The summed E-state index contributed by atoms with van der Waals surface area (Å²) >= 11 is 0. The van der Waals surface area contributed by atoms with Crippen LogP contribution in [0.2, 0.25) is 0 Å². The summed E-state index contributed by atoms with van der Waals surface area (Å²) in [5.74, 6) is 0.104. The average molecular weight is 241 g/mol. The molecule has 100 valence electrons. The predicted molar refractivity (Wildman–Crippen MR) is 70.8 cm³/mol. The Hall–Kier alpha value is -0.610. The van der Waals surface area contributed by atoms with Gasteiger partial charge in [-0.15, -0.1) is 0 Å². The lowest BCUT2D eigenvalue weighted by molar-refractivity contribution is -0.136. The van der Waals surface area contributed by atoms with Gasteiger partial charge in [-0.3, -0.25) is 4.79 Å². The zero-order chi connectivity index (χ0) is 13.0. The number of carbonyl (C=O) groups excluding carboxylic acids is 1. The standard InChI is InChI=1S/C13H27N3O/c1-10(2)15(4)9-12-7-5-6-8-16(12)13(17)11(3)14/h10-12H,5-9,14H2,1-4H3/t11?,12-/m0/s1. The van der Waals surface area contributed by atoms with Crippen LogP contribution in [0.4, 0.5) is 0 Å². The van der Waals surface area contributed by atoms with Crippen molar-refractivity contribution in [2.24, 2.45) is 5.73 Å². The van der Waals surface area contributed by atoms with E-state index in [0.29, 0.717) is 12.1 Å². The quantitative estimate of drug-likeness (QED) is 0.800. The van der Waals surface area contributed by atoms with Gasteiger partial charge in [0.25, 0.3) is 0 Å². The van der Waals surface area contributed by atoms with Crippen LogP contribution in [-0.2, 0) is 4.79 Å². The van der Waals surface area contributed by atoms with Gasteiger partial charge in [-0.05, 0) is 47.1 Å². The monoisotopic (exact) mass is 241 g/mol. The van der Waals surface area contributed by atoms with Crippen molar-refractivity contribution < 1.29 is 4.79 Å². The van der Waals surface area contributed by atoms with E-state index in [9.17, 15) is 4.79 Å². The summed E-state index contributed by atoms with van der Waals surface area (Å²) in [6, 6.07) is 0.485. The van der Waals surface area contributed by atoms with E-state index in [2.05, 4.69) is 25.8 Å². The summed E-state index contributed by atoms with van der Waals surface area (Å²) in [5.41, 5.74) is 5.71. The molecule has 0 aromatic carbocycles. The predicted octanol–water partition coefficient (Wildman–Crippen LogP) is 1.05. The minimum atomic E-state index is -0.375. The first-order valence-electron chi connectivity index (χ1n) is 6.69. The number of nitrogens with zero attached hydrogens (tertiary/aromatic N) is 2. The van der Waals surface area contributed by atoms with E-state index in [0.717, 1.165) is 25.9 Å². The number of hydrogen-bond donors (Lipinski definition) is 1. The SMILES string of the molecule is CC(N)C(=O)N1CCCC[C@H]1CN(C)C(C)C. The maximum atomic E-state index is 12.0. The van der Waals surface area contributed by atoms with E-state index in [1.54, 1.807) is 6.92 Å². The molecular weight excluding hydrogens is 214 g/mol. The third-order valence-corrected chi connectivity index (χ3v) is 3.68. The highest BCUT2D eigenvalue weighted by atomic mass is 16.2. The molecule has 0 aromatic rings. The average Bonchev–Trinajstić information content (AvgIpc) is 2.28. The number of amides is 1. The molecule has 2 atom stereocenters. The Labute approximate surface area is 105 Å². The molecule has 0 saturated carbocycles. The number of rotatable bonds is 4. The second-order valence-corrected chi connectivity index (χ2v) is 5.50. The van der Waals surface area contributed by atoms with E-state index in [-0.39, 0.29) is 11.9 Å². The molecule has 0 aliphatic carbocycles. The molecule has 0 aromatic heterocycles. The first kappa shape index (κ1) is 14.5. The van der Waals surface area contributed by atoms with Crippen LogP contribution in [-0.4, -0.2) is 54.0 Å². The second-order valence-electron chi connectivity index (χ2n) is 5.50. The van der Waals surface area contributed by atoms with Crippen molar-refractivity contribution in [3.63, 3.8) is 0 Å². The molecular formula is C13H27N3O. The summed E-state index contributed by atoms with van der Waals surface area (Å²) in [6.45, 7) is 7.97. The molecule has 1 saturated heterocycles. The molecule has 1 aliphatic heterocycles. The van der Waals surface area contributed by atoms with Crippen LogP contribution in [0.25, 0.3) is 0 Å². The Bertz CT molecular complexity index is 253. The zero-order valence-corrected chi connectivity index (χ0v) is 11.6. The molecule has 1 fully saturated rings. The van der Waals surface area contributed by atoms with Crippen molar-refractivity contribution in [2.45, 2.75) is 58.2 Å². The van der Waals surface area contributed by atoms with Gasteiger partial charge in [0.1, 0.15) is 0 Å². The number of hydrogen-bond acceptors (Lipinski definition) is 3. The van der Waals surface area contributed by atoms with Crippen LogP contribution in [0.15, 0.2) is 0 Å². The van der Waals surface area contributed by atoms with Crippen LogP contribution in [0.1, 0.15) is 40.0 Å². The highest BCUT2D eigenvalue weighted by molar-refractivity contribution is 5.81. The van der Waals surface area contributed by atoms with Gasteiger partial charge in [-0.2, -0.15) is 0 Å². The van der Waals surface area contributed by atoms with Crippen LogP contribution < -0.4 is 5.73 Å². The molecule has 1 unspecified atom stereocenters. The van der Waals surface area contributed by atoms with E-state index in [1.807, 2.05) is 4.90 Å². The first-order chi connectivity index (χ1) is 7.93. The van der Waals surface area contributed by atoms with Gasteiger partial charge in [-0.25, -0.2) is 0 Å². The second kappa shape index (κ2) is 6.36. The maximum Gasteiger partial charge on any atom is 0.239 e. The van der Waals surface area contributed by atoms with E-state index in [4.69, 9.17) is 5.73 Å². The Morgan fingerprint density at radius 3 is 2.59 bits per heavy atom. The van der Waals surface area contributed by atoms with Gasteiger partial charge in [-0.1, -0.05) is 0 Å². The van der Waals surface area contributed by atoms with Gasteiger partial charge in [0.05, 0.1) is 6.04 Å². The molecule has 1 heterocycles. The lowest BCUT2D eigenvalue weighted by atomic mass is 10.0. The van der Waals surface area contributed by atoms with Crippen LogP contribution in [0.3, 0.4) is 0 Å². The molecule has 2 N–H and O–H groups in total. The lowest BCUT2D eigenvalue weighted by Crippen LogP contribution is -2.53. The normalized spacial score (nSPS) is 23.2. The smallest absolute Gasteiger partial charge is 0.239 e. The number of carbonyl (C=O) groups is 1. The van der Waals surface area contributed by atoms with E-state index in [1.165, 1.54) is 6.42 Å². The molecule has 1 rings (SSSR count). The lowest BCUT2D eigenvalue weighted by Gasteiger charge is -2.39. The number of likely N-dealkylation sites (tertiary alicyclic amines) is 1. The van der Waals surface area contributed by atoms with Crippen molar-refractivity contribution in [2.75, 3.05) is 20.1 Å². The molecule has 4 heteroatoms. The van der Waals surface area contributed by atoms with Gasteiger partial charge in [0.15, 0.2) is 0 Å². The Kier molecular flexibility index (Phi) is 5.40. The van der Waals surface area contributed by atoms with Crippen molar-refractivity contribution in [1.29, 1.82) is 0 Å². The molecule has 0 radical (unpaired) electrons. The van der Waals surface area contributed by atoms with Crippen LogP contribution >= 0.6 is 0 Å². The molecule has 4 nitrogen and oxygen atoms in total. The van der Waals surface area contributed by atoms with Gasteiger partial charge >= 0.3 is 0 Å². The fourth-order valence-electron chi connectivity index (χ4n) is 2.29. The Morgan fingerprint density at radius 2 is 2.06 bits per heavy atom.